The number of anilines is 1. The Bertz CT molecular complexity index is 2030. The van der Waals surface area contributed by atoms with Gasteiger partial charge < -0.3 is 14.3 Å². The number of nitrogens with zero attached hydrogens (tertiary/aromatic N) is 3. The van der Waals surface area contributed by atoms with Crippen molar-refractivity contribution in [1.82, 2.24) is 10.2 Å². The van der Waals surface area contributed by atoms with E-state index in [1.54, 1.807) is 36.4 Å². The fourth-order valence-corrected chi connectivity index (χ4v) is 7.18. The average Bonchev–Trinajstić information content (AvgIpc) is 3.76. The normalized spacial score (nSPS) is 15.1. The minimum absolute atomic E-state index is 0.0221. The van der Waals surface area contributed by atoms with Gasteiger partial charge in [0, 0.05) is 11.1 Å². The van der Waals surface area contributed by atoms with Crippen molar-refractivity contribution in [3.05, 3.63) is 125 Å². The Morgan fingerprint density at radius 3 is 2.58 bits per heavy atom. The third kappa shape index (κ3) is 4.84. The summed E-state index contributed by atoms with van der Waals surface area (Å²) in [6.07, 6.45) is 0. The summed E-state index contributed by atoms with van der Waals surface area (Å²) in [5.74, 6) is -0.771. The van der Waals surface area contributed by atoms with Crippen LogP contribution in [0.2, 0.25) is 0 Å². The van der Waals surface area contributed by atoms with Gasteiger partial charge in [0.2, 0.25) is 10.9 Å². The van der Waals surface area contributed by atoms with Gasteiger partial charge in [0.1, 0.15) is 11.3 Å². The highest BCUT2D eigenvalue weighted by molar-refractivity contribution is 8.00. The van der Waals surface area contributed by atoms with Crippen LogP contribution in [0.3, 0.4) is 0 Å². The standard InChI is InChI=1S/C33H23N3O5S2/c1-40-23-13-7-11-21(16-23)28-27(29(37)26-17-20-9-3-5-15-25(20)41-26)30(38)31(39)36(28)32-34-35-33(43-32)42-18-22-12-6-10-19-8-2-4-14-24(19)22/h2-17,28,38H,18H2,1H3. The highest BCUT2D eigenvalue weighted by Crippen LogP contribution is 2.45. The topological polar surface area (TPSA) is 106 Å². The summed E-state index contributed by atoms with van der Waals surface area (Å²) in [4.78, 5) is 28.9. The second-order valence-corrected chi connectivity index (χ2v) is 12.1. The molecule has 8 nitrogen and oxygen atoms in total. The number of carbonyl (C=O) groups excluding carboxylic acids is 2. The van der Waals surface area contributed by atoms with Crippen LogP contribution in [-0.2, 0) is 10.5 Å². The lowest BCUT2D eigenvalue weighted by Gasteiger charge is -2.24. The summed E-state index contributed by atoms with van der Waals surface area (Å²) in [5.41, 5.74) is 2.15. The van der Waals surface area contributed by atoms with Gasteiger partial charge in [-0.15, -0.1) is 10.2 Å². The number of hydrogen-bond donors (Lipinski definition) is 1. The van der Waals surface area contributed by atoms with Gasteiger partial charge in [-0.3, -0.25) is 14.5 Å². The molecule has 1 amide bonds. The molecule has 6 aromatic rings. The number of para-hydroxylation sites is 1. The number of methoxy groups -OCH3 is 1. The van der Waals surface area contributed by atoms with E-state index in [-0.39, 0.29) is 16.5 Å². The van der Waals surface area contributed by atoms with Crippen LogP contribution < -0.4 is 9.64 Å². The predicted octanol–water partition coefficient (Wildman–Crippen LogP) is 7.52. The molecule has 0 radical (unpaired) electrons. The molecule has 0 saturated carbocycles. The third-order valence-corrected chi connectivity index (χ3v) is 9.45. The SMILES string of the molecule is COc1cccc(C2C(C(=O)c3cc4ccccc4o3)=C(O)C(=O)N2c2nnc(SCc3cccc4ccccc34)s2)c1. The van der Waals surface area contributed by atoms with Gasteiger partial charge in [-0.25, -0.2) is 0 Å². The molecule has 1 unspecified atom stereocenters. The first-order valence-corrected chi connectivity index (χ1v) is 15.2. The maximum Gasteiger partial charge on any atom is 0.296 e. The molecule has 7 rings (SSSR count). The molecule has 2 aromatic heterocycles. The maximum atomic E-state index is 13.9. The van der Waals surface area contributed by atoms with Gasteiger partial charge in [-0.05, 0) is 46.2 Å². The van der Waals surface area contributed by atoms with Crippen molar-refractivity contribution in [2.24, 2.45) is 0 Å². The van der Waals surface area contributed by atoms with E-state index in [9.17, 15) is 14.7 Å². The van der Waals surface area contributed by atoms with Gasteiger partial charge in [0.05, 0.1) is 18.7 Å². The average molecular weight is 606 g/mol. The molecule has 0 aliphatic carbocycles. The summed E-state index contributed by atoms with van der Waals surface area (Å²) in [6.45, 7) is 0. The number of aliphatic hydroxyl groups excluding tert-OH is 1. The van der Waals surface area contributed by atoms with E-state index in [1.165, 1.54) is 35.1 Å². The first-order chi connectivity index (χ1) is 21.0. The van der Waals surface area contributed by atoms with Gasteiger partial charge in [0.25, 0.3) is 5.91 Å². The van der Waals surface area contributed by atoms with Gasteiger partial charge in [-0.2, -0.15) is 0 Å². The van der Waals surface area contributed by atoms with Crippen molar-refractivity contribution in [2.45, 2.75) is 16.1 Å². The lowest BCUT2D eigenvalue weighted by molar-refractivity contribution is -0.117. The van der Waals surface area contributed by atoms with Gasteiger partial charge >= 0.3 is 0 Å². The fraction of sp³-hybridized carbons (Fsp3) is 0.0909. The number of hydrogen-bond acceptors (Lipinski definition) is 9. The zero-order valence-electron chi connectivity index (χ0n) is 22.8. The van der Waals surface area contributed by atoms with Crippen LogP contribution in [0.4, 0.5) is 5.13 Å². The Kier molecular flexibility index (Phi) is 6.92. The van der Waals surface area contributed by atoms with Crippen molar-refractivity contribution in [3.63, 3.8) is 0 Å². The smallest absolute Gasteiger partial charge is 0.296 e. The van der Waals surface area contributed by atoms with Crippen molar-refractivity contribution in [3.8, 4) is 5.75 Å². The van der Waals surface area contributed by atoms with Gasteiger partial charge in [-0.1, -0.05) is 95.9 Å². The molecule has 10 heteroatoms. The second-order valence-electron chi connectivity index (χ2n) is 9.87. The number of furan rings is 1. The van der Waals surface area contributed by atoms with E-state index in [4.69, 9.17) is 9.15 Å². The molecular formula is C33H23N3O5S2. The molecule has 0 fully saturated rings. The molecule has 1 atom stereocenters. The Hall–Kier alpha value is -4.93. The first-order valence-electron chi connectivity index (χ1n) is 13.4. The molecule has 1 aliphatic heterocycles. The number of aliphatic hydroxyl groups is 1. The molecule has 1 N–H and O–H groups in total. The number of fused-ring (bicyclic) bond motifs is 2. The predicted molar refractivity (Wildman–Crippen MR) is 167 cm³/mol. The summed E-state index contributed by atoms with van der Waals surface area (Å²) in [7, 11) is 1.54. The van der Waals surface area contributed by atoms with Crippen molar-refractivity contribution < 1.29 is 23.8 Å². The quantitative estimate of drug-likeness (QED) is 0.108. The number of ketones is 1. The Labute approximate surface area is 254 Å². The van der Waals surface area contributed by atoms with E-state index < -0.39 is 23.5 Å². The number of Topliss-reactive ketones (excluding diaryl/α,β-unsaturated/α-hetero) is 1. The molecular weight excluding hydrogens is 583 g/mol. The summed E-state index contributed by atoms with van der Waals surface area (Å²) < 4.78 is 11.9. The number of rotatable bonds is 8. The largest absolute Gasteiger partial charge is 0.503 e. The maximum absolute atomic E-state index is 13.9. The zero-order chi connectivity index (χ0) is 29.5. The van der Waals surface area contributed by atoms with Crippen molar-refractivity contribution in [2.75, 3.05) is 12.0 Å². The van der Waals surface area contributed by atoms with Gasteiger partial charge in [0.15, 0.2) is 15.9 Å². The van der Waals surface area contributed by atoms with Crippen LogP contribution in [0.15, 0.2) is 117 Å². The molecule has 1 aliphatic rings. The molecule has 212 valence electrons. The molecule has 0 saturated heterocycles. The molecule has 4 aromatic carbocycles. The van der Waals surface area contributed by atoms with Crippen LogP contribution in [0, 0.1) is 0 Å². The van der Waals surface area contributed by atoms with Crippen LogP contribution in [0.25, 0.3) is 21.7 Å². The summed E-state index contributed by atoms with van der Waals surface area (Å²) in [6, 6.07) is 29.3. The molecule has 3 heterocycles. The minimum atomic E-state index is -0.979. The fourth-order valence-electron chi connectivity index (χ4n) is 5.30. The minimum Gasteiger partial charge on any atom is -0.503 e. The summed E-state index contributed by atoms with van der Waals surface area (Å²) in [5, 5.41) is 23.2. The molecule has 43 heavy (non-hydrogen) atoms. The third-order valence-electron chi connectivity index (χ3n) is 7.34. The number of aromatic nitrogens is 2. The van der Waals surface area contributed by atoms with Crippen LogP contribution in [-0.4, -0.2) is 34.1 Å². The molecule has 0 bridgehead atoms. The van der Waals surface area contributed by atoms with Crippen molar-refractivity contribution >= 4 is 61.7 Å². The lowest BCUT2D eigenvalue weighted by atomic mass is 9.95. The van der Waals surface area contributed by atoms with Crippen LogP contribution in [0.1, 0.15) is 27.7 Å². The van der Waals surface area contributed by atoms with E-state index in [0.29, 0.717) is 27.0 Å². The molecule has 0 spiro atoms. The number of ether oxygens (including phenoxy) is 1. The highest BCUT2D eigenvalue weighted by Gasteiger charge is 2.47. The number of thioether (sulfide) groups is 1. The second kappa shape index (κ2) is 11.0. The number of carbonyl (C=O) groups is 2. The van der Waals surface area contributed by atoms with E-state index in [2.05, 4.69) is 34.5 Å². The van der Waals surface area contributed by atoms with E-state index in [0.717, 1.165) is 21.7 Å². The van der Waals surface area contributed by atoms with E-state index >= 15 is 0 Å². The Morgan fingerprint density at radius 1 is 0.977 bits per heavy atom. The monoisotopic (exact) mass is 605 g/mol. The zero-order valence-corrected chi connectivity index (χ0v) is 24.4. The first kappa shape index (κ1) is 26.9. The highest BCUT2D eigenvalue weighted by atomic mass is 32.2. The van der Waals surface area contributed by atoms with Crippen LogP contribution >= 0.6 is 23.1 Å². The van der Waals surface area contributed by atoms with E-state index in [1.807, 2.05) is 36.4 Å². The van der Waals surface area contributed by atoms with Crippen molar-refractivity contribution in [1.29, 1.82) is 0 Å². The Balaban J connectivity index is 1.24. The number of amides is 1. The Morgan fingerprint density at radius 2 is 1.74 bits per heavy atom. The lowest BCUT2D eigenvalue weighted by Crippen LogP contribution is -2.31. The summed E-state index contributed by atoms with van der Waals surface area (Å²) >= 11 is 2.73. The van der Waals surface area contributed by atoms with Crippen LogP contribution in [0.5, 0.6) is 5.75 Å². The number of benzene rings is 4.